The first-order valence-electron chi connectivity index (χ1n) is 8.01. The van der Waals surface area contributed by atoms with E-state index < -0.39 is 16.8 Å². The lowest BCUT2D eigenvalue weighted by Gasteiger charge is -2.29. The van der Waals surface area contributed by atoms with E-state index >= 15 is 0 Å². The first-order valence-corrected chi connectivity index (χ1v) is 8.39. The predicted molar refractivity (Wildman–Crippen MR) is 98.9 cm³/mol. The highest BCUT2D eigenvalue weighted by Crippen LogP contribution is 2.27. The Morgan fingerprint density at radius 1 is 1.00 bits per heavy atom. The van der Waals surface area contributed by atoms with Crippen molar-refractivity contribution in [1.29, 1.82) is 0 Å². The van der Waals surface area contributed by atoms with E-state index in [1.165, 1.54) is 0 Å². The minimum Gasteiger partial charge on any atom is -0.481 e. The summed E-state index contributed by atoms with van der Waals surface area (Å²) in [6.07, 6.45) is 0. The third-order valence-electron chi connectivity index (χ3n) is 4.60. The van der Waals surface area contributed by atoms with Crippen LogP contribution >= 0.6 is 11.6 Å². The highest BCUT2D eigenvalue weighted by atomic mass is 35.5. The van der Waals surface area contributed by atoms with Gasteiger partial charge in [0.2, 0.25) is 5.91 Å². The highest BCUT2D eigenvalue weighted by molar-refractivity contribution is 6.30. The molecule has 132 valence electrons. The monoisotopic (exact) mass is 359 g/mol. The van der Waals surface area contributed by atoms with Crippen LogP contribution in [0.15, 0.2) is 54.6 Å². The molecule has 0 aliphatic carbocycles. The van der Waals surface area contributed by atoms with E-state index in [4.69, 9.17) is 11.6 Å². The first-order chi connectivity index (χ1) is 11.7. The van der Waals surface area contributed by atoms with Crippen LogP contribution in [-0.4, -0.2) is 23.5 Å². The summed E-state index contributed by atoms with van der Waals surface area (Å²) in [5, 5.41) is 13.0. The van der Waals surface area contributed by atoms with E-state index in [0.717, 1.165) is 5.56 Å². The van der Waals surface area contributed by atoms with Crippen LogP contribution in [0.4, 0.5) is 0 Å². The quantitative estimate of drug-likeness (QED) is 0.824. The molecule has 0 aliphatic rings. The Morgan fingerprint density at radius 2 is 1.60 bits per heavy atom. The molecule has 0 heterocycles. The standard InChI is InChI=1S/C20H22ClNO3/c1-19(2,15-10-7-11-16(21)12-15)17(23)22-13-20(3,18(24)25)14-8-5-4-6-9-14/h4-12H,13H2,1-3H3,(H,22,23)(H,24,25). The van der Waals surface area contributed by atoms with Gasteiger partial charge < -0.3 is 10.4 Å². The Kier molecular flexibility index (Phi) is 5.53. The number of carbonyl (C=O) groups excluding carboxylic acids is 1. The zero-order chi connectivity index (χ0) is 18.7. The fourth-order valence-electron chi connectivity index (χ4n) is 2.59. The van der Waals surface area contributed by atoms with Crippen molar-refractivity contribution in [3.63, 3.8) is 0 Å². The minimum atomic E-state index is -1.21. The molecule has 5 heteroatoms. The second-order valence-electron chi connectivity index (χ2n) is 6.82. The number of halogens is 1. The number of carboxylic acids is 1. The van der Waals surface area contributed by atoms with E-state index in [-0.39, 0.29) is 12.5 Å². The van der Waals surface area contributed by atoms with Gasteiger partial charge in [0.25, 0.3) is 0 Å². The summed E-state index contributed by atoms with van der Waals surface area (Å²) in [6, 6.07) is 16.0. The Balaban J connectivity index is 2.20. The van der Waals surface area contributed by atoms with Crippen LogP contribution in [0.3, 0.4) is 0 Å². The molecular formula is C20H22ClNO3. The summed E-state index contributed by atoms with van der Waals surface area (Å²) in [7, 11) is 0. The molecule has 2 N–H and O–H groups in total. The van der Waals surface area contributed by atoms with Crippen molar-refractivity contribution in [2.24, 2.45) is 0 Å². The Morgan fingerprint density at radius 3 is 2.16 bits per heavy atom. The third-order valence-corrected chi connectivity index (χ3v) is 4.83. The van der Waals surface area contributed by atoms with Crippen LogP contribution in [0, 0.1) is 0 Å². The second kappa shape index (κ2) is 7.28. The van der Waals surface area contributed by atoms with Gasteiger partial charge in [0.05, 0.1) is 5.41 Å². The molecule has 0 bridgehead atoms. The van der Waals surface area contributed by atoms with E-state index in [0.29, 0.717) is 10.6 Å². The molecule has 0 spiro atoms. The molecule has 2 aromatic rings. The Bertz CT molecular complexity index is 774. The maximum absolute atomic E-state index is 12.7. The number of amides is 1. The fraction of sp³-hybridized carbons (Fsp3) is 0.300. The van der Waals surface area contributed by atoms with Crippen LogP contribution in [0.1, 0.15) is 31.9 Å². The highest BCUT2D eigenvalue weighted by Gasteiger charge is 2.38. The molecule has 2 aromatic carbocycles. The van der Waals surface area contributed by atoms with Crippen molar-refractivity contribution in [2.75, 3.05) is 6.54 Å². The number of carboxylic acid groups (broad SMARTS) is 1. The molecule has 0 fully saturated rings. The zero-order valence-corrected chi connectivity index (χ0v) is 15.3. The van der Waals surface area contributed by atoms with Crippen molar-refractivity contribution in [3.8, 4) is 0 Å². The number of hydrogen-bond acceptors (Lipinski definition) is 2. The number of carbonyl (C=O) groups is 2. The molecule has 0 aromatic heterocycles. The molecule has 2 rings (SSSR count). The topological polar surface area (TPSA) is 66.4 Å². The van der Waals surface area contributed by atoms with E-state index in [9.17, 15) is 14.7 Å². The summed E-state index contributed by atoms with van der Waals surface area (Å²) in [5.74, 6) is -1.24. The van der Waals surface area contributed by atoms with Crippen LogP contribution in [0.2, 0.25) is 5.02 Å². The fourth-order valence-corrected chi connectivity index (χ4v) is 2.78. The number of hydrogen-bond donors (Lipinski definition) is 2. The lowest BCUT2D eigenvalue weighted by molar-refractivity contribution is -0.143. The van der Waals surface area contributed by atoms with Crippen LogP contribution in [0.5, 0.6) is 0 Å². The SMILES string of the molecule is CC(C)(C(=O)NCC(C)(C(=O)O)c1ccccc1)c1cccc(Cl)c1. The summed E-state index contributed by atoms with van der Waals surface area (Å²) in [5.41, 5.74) is -0.625. The average molecular weight is 360 g/mol. The normalized spacial score (nSPS) is 13.8. The van der Waals surface area contributed by atoms with E-state index in [2.05, 4.69) is 5.32 Å². The molecule has 25 heavy (non-hydrogen) atoms. The molecule has 4 nitrogen and oxygen atoms in total. The van der Waals surface area contributed by atoms with Gasteiger partial charge in [0, 0.05) is 11.6 Å². The molecule has 0 radical (unpaired) electrons. The largest absolute Gasteiger partial charge is 0.481 e. The second-order valence-corrected chi connectivity index (χ2v) is 7.26. The molecule has 1 unspecified atom stereocenters. The molecule has 0 aliphatic heterocycles. The molecule has 1 atom stereocenters. The smallest absolute Gasteiger partial charge is 0.315 e. The first kappa shape index (κ1) is 19.0. The lowest BCUT2D eigenvalue weighted by atomic mass is 9.80. The average Bonchev–Trinajstić information content (AvgIpc) is 2.59. The summed E-state index contributed by atoms with van der Waals surface area (Å²) < 4.78 is 0. The van der Waals surface area contributed by atoms with Gasteiger partial charge in [-0.05, 0) is 44.0 Å². The maximum atomic E-state index is 12.7. The van der Waals surface area contributed by atoms with Gasteiger partial charge in [-0.15, -0.1) is 0 Å². The number of aliphatic carboxylic acids is 1. The number of nitrogens with one attached hydrogen (secondary N) is 1. The predicted octanol–water partition coefficient (Wildman–Crippen LogP) is 3.78. The van der Waals surface area contributed by atoms with Crippen LogP contribution < -0.4 is 5.32 Å². The van der Waals surface area contributed by atoms with Gasteiger partial charge in [0.15, 0.2) is 0 Å². The molecule has 0 saturated heterocycles. The minimum absolute atomic E-state index is 0.00479. The van der Waals surface area contributed by atoms with Crippen molar-refractivity contribution >= 4 is 23.5 Å². The number of rotatable bonds is 6. The molecular weight excluding hydrogens is 338 g/mol. The van der Waals surface area contributed by atoms with Crippen molar-refractivity contribution < 1.29 is 14.7 Å². The van der Waals surface area contributed by atoms with Crippen LogP contribution in [0.25, 0.3) is 0 Å². The molecule has 1 amide bonds. The summed E-state index contributed by atoms with van der Waals surface area (Å²) >= 11 is 6.02. The van der Waals surface area contributed by atoms with Crippen LogP contribution in [-0.2, 0) is 20.4 Å². The maximum Gasteiger partial charge on any atom is 0.315 e. The van der Waals surface area contributed by atoms with E-state index in [1.807, 2.05) is 12.1 Å². The lowest BCUT2D eigenvalue weighted by Crippen LogP contribution is -2.48. The van der Waals surface area contributed by atoms with Crippen molar-refractivity contribution in [1.82, 2.24) is 5.32 Å². The van der Waals surface area contributed by atoms with Gasteiger partial charge in [-0.25, -0.2) is 0 Å². The van der Waals surface area contributed by atoms with Gasteiger partial charge in [-0.3, -0.25) is 9.59 Å². The summed E-state index contributed by atoms with van der Waals surface area (Å²) in [6.45, 7) is 5.18. The Labute approximate surface area is 152 Å². The van der Waals surface area contributed by atoms with Gasteiger partial charge >= 0.3 is 5.97 Å². The van der Waals surface area contributed by atoms with Gasteiger partial charge in [0.1, 0.15) is 5.41 Å². The van der Waals surface area contributed by atoms with Crippen molar-refractivity contribution in [2.45, 2.75) is 31.6 Å². The summed E-state index contributed by atoms with van der Waals surface area (Å²) in [4.78, 5) is 24.6. The Hall–Kier alpha value is -2.33. The third kappa shape index (κ3) is 4.02. The van der Waals surface area contributed by atoms with E-state index in [1.54, 1.807) is 63.2 Å². The van der Waals surface area contributed by atoms with Gasteiger partial charge in [-0.1, -0.05) is 54.1 Å². The zero-order valence-electron chi connectivity index (χ0n) is 14.5. The van der Waals surface area contributed by atoms with Gasteiger partial charge in [-0.2, -0.15) is 0 Å². The van der Waals surface area contributed by atoms with Crippen molar-refractivity contribution in [3.05, 3.63) is 70.7 Å². The molecule has 0 saturated carbocycles. The number of benzene rings is 2.